The summed E-state index contributed by atoms with van der Waals surface area (Å²) in [6.45, 7) is 1.11. The van der Waals surface area contributed by atoms with Crippen LogP contribution in [0.3, 0.4) is 0 Å². The normalized spacial score (nSPS) is 13.5. The Labute approximate surface area is 152 Å². The lowest BCUT2D eigenvalue weighted by Gasteiger charge is -2.21. The van der Waals surface area contributed by atoms with Crippen LogP contribution in [0, 0.1) is 0 Å². The van der Waals surface area contributed by atoms with E-state index in [2.05, 4.69) is 4.74 Å². The second kappa shape index (κ2) is 7.35. The van der Waals surface area contributed by atoms with Crippen LogP contribution in [0.5, 0.6) is 11.5 Å². The molecule has 0 atom stereocenters. The molecular formula is C18H19NO6S. The van der Waals surface area contributed by atoms with E-state index < -0.39 is 16.0 Å². The molecule has 0 fully saturated rings. The molecule has 7 nitrogen and oxygen atoms in total. The monoisotopic (exact) mass is 377 g/mol. The van der Waals surface area contributed by atoms with Crippen molar-refractivity contribution in [3.63, 3.8) is 0 Å². The number of hydrogen-bond acceptors (Lipinski definition) is 6. The maximum atomic E-state index is 12.8. The minimum absolute atomic E-state index is 0.0282. The van der Waals surface area contributed by atoms with Crippen LogP contribution in [0.15, 0.2) is 47.4 Å². The van der Waals surface area contributed by atoms with Gasteiger partial charge in [0.05, 0.1) is 17.6 Å². The number of sulfonamides is 1. The number of rotatable bonds is 5. The Kier molecular flexibility index (Phi) is 5.15. The fourth-order valence-electron chi connectivity index (χ4n) is 2.61. The van der Waals surface area contributed by atoms with Gasteiger partial charge in [0.1, 0.15) is 13.2 Å². The molecule has 0 saturated heterocycles. The average molecular weight is 377 g/mol. The second-order valence-electron chi connectivity index (χ2n) is 5.76. The highest BCUT2D eigenvalue weighted by atomic mass is 32.2. The number of esters is 1. The number of nitrogens with zero attached hydrogens (tertiary/aromatic N) is 1. The zero-order chi connectivity index (χ0) is 18.7. The first-order valence-electron chi connectivity index (χ1n) is 7.95. The van der Waals surface area contributed by atoms with Gasteiger partial charge in [-0.2, -0.15) is 4.31 Å². The van der Waals surface area contributed by atoms with Crippen LogP contribution in [-0.4, -0.2) is 46.1 Å². The van der Waals surface area contributed by atoms with Crippen LogP contribution < -0.4 is 9.47 Å². The highest BCUT2D eigenvalue weighted by molar-refractivity contribution is 7.89. The summed E-state index contributed by atoms with van der Waals surface area (Å²) in [6, 6.07) is 11.1. The van der Waals surface area contributed by atoms with Gasteiger partial charge >= 0.3 is 5.97 Å². The summed E-state index contributed by atoms with van der Waals surface area (Å²) in [4.78, 5) is 11.7. The van der Waals surface area contributed by atoms with Crippen molar-refractivity contribution in [3.05, 3.63) is 53.6 Å². The lowest BCUT2D eigenvalue weighted by molar-refractivity contribution is 0.0600. The SMILES string of the molecule is COC(=O)c1cccc(S(=O)(=O)N(C)Cc2ccc3c(c2)OCCO3)c1. The Bertz CT molecular complexity index is 925. The van der Waals surface area contributed by atoms with Crippen LogP contribution in [0.1, 0.15) is 15.9 Å². The highest BCUT2D eigenvalue weighted by Crippen LogP contribution is 2.31. The molecule has 0 aliphatic carbocycles. The van der Waals surface area contributed by atoms with Crippen molar-refractivity contribution in [2.24, 2.45) is 0 Å². The van der Waals surface area contributed by atoms with E-state index in [0.717, 1.165) is 5.56 Å². The summed E-state index contributed by atoms with van der Waals surface area (Å²) < 4.78 is 42.5. The zero-order valence-corrected chi connectivity index (χ0v) is 15.3. The first-order valence-corrected chi connectivity index (χ1v) is 9.39. The van der Waals surface area contributed by atoms with Crippen LogP contribution in [0.4, 0.5) is 0 Å². The number of methoxy groups -OCH3 is 1. The van der Waals surface area contributed by atoms with E-state index in [4.69, 9.17) is 9.47 Å². The summed E-state index contributed by atoms with van der Waals surface area (Å²) >= 11 is 0. The molecule has 0 N–H and O–H groups in total. The highest BCUT2D eigenvalue weighted by Gasteiger charge is 2.23. The number of hydrogen-bond donors (Lipinski definition) is 0. The lowest BCUT2D eigenvalue weighted by Crippen LogP contribution is -2.27. The lowest BCUT2D eigenvalue weighted by atomic mass is 10.2. The molecule has 0 saturated carbocycles. The van der Waals surface area contributed by atoms with Gasteiger partial charge < -0.3 is 14.2 Å². The van der Waals surface area contributed by atoms with Gasteiger partial charge in [-0.1, -0.05) is 12.1 Å². The predicted molar refractivity (Wildman–Crippen MR) is 93.9 cm³/mol. The molecule has 0 aromatic heterocycles. The molecule has 1 aliphatic heterocycles. The fraction of sp³-hybridized carbons (Fsp3) is 0.278. The van der Waals surface area contributed by atoms with E-state index in [1.165, 1.54) is 42.7 Å². The maximum absolute atomic E-state index is 12.8. The van der Waals surface area contributed by atoms with Crippen LogP contribution in [0.25, 0.3) is 0 Å². The fourth-order valence-corrected chi connectivity index (χ4v) is 3.81. The molecule has 2 aromatic carbocycles. The van der Waals surface area contributed by atoms with Crippen molar-refractivity contribution in [2.75, 3.05) is 27.4 Å². The number of carbonyl (C=O) groups excluding carboxylic acids is 1. The quantitative estimate of drug-likeness (QED) is 0.742. The molecule has 138 valence electrons. The van der Waals surface area contributed by atoms with E-state index in [1.807, 2.05) is 0 Å². The Balaban J connectivity index is 1.82. The van der Waals surface area contributed by atoms with Gasteiger partial charge in [-0.15, -0.1) is 0 Å². The van der Waals surface area contributed by atoms with Gasteiger partial charge in [-0.25, -0.2) is 13.2 Å². The molecule has 1 heterocycles. The number of fused-ring (bicyclic) bond motifs is 1. The van der Waals surface area contributed by atoms with Crippen molar-refractivity contribution in [1.29, 1.82) is 0 Å². The molecule has 26 heavy (non-hydrogen) atoms. The molecule has 3 rings (SSSR count). The number of carbonyl (C=O) groups is 1. The molecular weight excluding hydrogens is 358 g/mol. The van der Waals surface area contributed by atoms with Gasteiger partial charge in [-0.05, 0) is 35.9 Å². The summed E-state index contributed by atoms with van der Waals surface area (Å²) in [5.74, 6) is 0.667. The van der Waals surface area contributed by atoms with E-state index in [9.17, 15) is 13.2 Å². The van der Waals surface area contributed by atoms with Gasteiger partial charge in [0.15, 0.2) is 11.5 Å². The predicted octanol–water partition coefficient (Wildman–Crippen LogP) is 2.07. The smallest absolute Gasteiger partial charge is 0.337 e. The molecule has 8 heteroatoms. The van der Waals surface area contributed by atoms with Crippen molar-refractivity contribution in [2.45, 2.75) is 11.4 Å². The van der Waals surface area contributed by atoms with Crippen molar-refractivity contribution >= 4 is 16.0 Å². The van der Waals surface area contributed by atoms with Crippen molar-refractivity contribution in [1.82, 2.24) is 4.31 Å². The van der Waals surface area contributed by atoms with Gasteiger partial charge in [0.25, 0.3) is 0 Å². The summed E-state index contributed by atoms with van der Waals surface area (Å²) in [6.07, 6.45) is 0. The molecule has 0 amide bonds. The maximum Gasteiger partial charge on any atom is 0.337 e. The molecule has 0 unspecified atom stereocenters. The second-order valence-corrected chi connectivity index (χ2v) is 7.80. The first-order chi connectivity index (χ1) is 12.4. The largest absolute Gasteiger partial charge is 0.486 e. The summed E-state index contributed by atoms with van der Waals surface area (Å²) in [7, 11) is -1.04. The standard InChI is InChI=1S/C18H19NO6S/c1-19(12-13-6-7-16-17(10-13)25-9-8-24-16)26(21,22)15-5-3-4-14(11-15)18(20)23-2/h3-7,10-11H,8-9,12H2,1-2H3. The van der Waals surface area contributed by atoms with E-state index in [0.29, 0.717) is 24.7 Å². The Morgan fingerprint density at radius 1 is 1.12 bits per heavy atom. The summed E-state index contributed by atoms with van der Waals surface area (Å²) in [5, 5.41) is 0. The number of benzene rings is 2. The minimum Gasteiger partial charge on any atom is -0.486 e. The van der Waals surface area contributed by atoms with Crippen LogP contribution in [0.2, 0.25) is 0 Å². The third-order valence-electron chi connectivity index (χ3n) is 3.98. The van der Waals surface area contributed by atoms with Crippen LogP contribution >= 0.6 is 0 Å². The van der Waals surface area contributed by atoms with Gasteiger partial charge in [0, 0.05) is 13.6 Å². The van der Waals surface area contributed by atoms with Crippen molar-refractivity contribution < 1.29 is 27.4 Å². The molecule has 1 aliphatic rings. The molecule has 0 radical (unpaired) electrons. The topological polar surface area (TPSA) is 82.1 Å². The van der Waals surface area contributed by atoms with E-state index in [-0.39, 0.29) is 17.0 Å². The number of ether oxygens (including phenoxy) is 3. The van der Waals surface area contributed by atoms with E-state index >= 15 is 0 Å². The molecule has 2 aromatic rings. The zero-order valence-electron chi connectivity index (χ0n) is 14.5. The Hall–Kier alpha value is -2.58. The Morgan fingerprint density at radius 3 is 2.58 bits per heavy atom. The third-order valence-corrected chi connectivity index (χ3v) is 5.77. The van der Waals surface area contributed by atoms with E-state index in [1.54, 1.807) is 18.2 Å². The van der Waals surface area contributed by atoms with Gasteiger partial charge in [-0.3, -0.25) is 0 Å². The molecule has 0 spiro atoms. The van der Waals surface area contributed by atoms with Crippen LogP contribution in [-0.2, 0) is 21.3 Å². The first kappa shape index (κ1) is 18.2. The minimum atomic E-state index is -3.77. The summed E-state index contributed by atoms with van der Waals surface area (Å²) in [5.41, 5.74) is 0.950. The van der Waals surface area contributed by atoms with Gasteiger partial charge in [0.2, 0.25) is 10.0 Å². The molecule has 0 bridgehead atoms. The average Bonchev–Trinajstić information content (AvgIpc) is 2.67. The third kappa shape index (κ3) is 3.66. The Morgan fingerprint density at radius 2 is 1.85 bits per heavy atom. The van der Waals surface area contributed by atoms with Crippen molar-refractivity contribution in [3.8, 4) is 11.5 Å².